The molecule has 3 nitrogen and oxygen atoms in total. The van der Waals surface area contributed by atoms with Gasteiger partial charge < -0.3 is 5.32 Å². The molecule has 0 amide bonds. The minimum absolute atomic E-state index is 0.924. The summed E-state index contributed by atoms with van der Waals surface area (Å²) in [5.74, 6) is 0. The molecule has 114 valence electrons. The van der Waals surface area contributed by atoms with Gasteiger partial charge >= 0.3 is 0 Å². The van der Waals surface area contributed by atoms with Crippen LogP contribution in [0.15, 0.2) is 18.2 Å². The molecule has 0 spiro atoms. The Morgan fingerprint density at radius 3 is 2.52 bits per heavy atom. The van der Waals surface area contributed by atoms with E-state index in [9.17, 15) is 0 Å². The van der Waals surface area contributed by atoms with Gasteiger partial charge in [0.25, 0.3) is 0 Å². The summed E-state index contributed by atoms with van der Waals surface area (Å²) in [5, 5.41) is 8.11. The number of hydrogen-bond acceptors (Lipinski definition) is 2. The van der Waals surface area contributed by atoms with E-state index in [1.54, 1.807) is 0 Å². The van der Waals surface area contributed by atoms with Crippen LogP contribution < -0.4 is 5.32 Å². The highest BCUT2D eigenvalue weighted by Gasteiger charge is 2.17. The van der Waals surface area contributed by atoms with E-state index in [0.717, 1.165) is 25.9 Å². The first kappa shape index (κ1) is 15.8. The molecule has 1 aromatic heterocycles. The Morgan fingerprint density at radius 1 is 1.14 bits per heavy atom. The van der Waals surface area contributed by atoms with Gasteiger partial charge in [-0.1, -0.05) is 32.9 Å². The summed E-state index contributed by atoms with van der Waals surface area (Å²) in [5.41, 5.74) is 7.89. The highest BCUT2D eigenvalue weighted by atomic mass is 15.3. The van der Waals surface area contributed by atoms with E-state index in [2.05, 4.69) is 58.3 Å². The number of rotatable bonds is 6. The van der Waals surface area contributed by atoms with Crippen molar-refractivity contribution in [1.82, 2.24) is 15.1 Å². The summed E-state index contributed by atoms with van der Waals surface area (Å²) >= 11 is 0. The Balaban J connectivity index is 2.55. The van der Waals surface area contributed by atoms with Gasteiger partial charge in [0.05, 0.1) is 5.69 Å². The maximum absolute atomic E-state index is 4.71. The minimum Gasteiger partial charge on any atom is -0.313 e. The molecule has 0 radical (unpaired) electrons. The Labute approximate surface area is 128 Å². The van der Waals surface area contributed by atoms with Crippen LogP contribution in [-0.2, 0) is 26.4 Å². The van der Waals surface area contributed by atoms with E-state index in [1.165, 1.54) is 33.6 Å². The SMILES string of the molecule is CCNCc1ccc(C)c(-c2c(CC)nn(C)c2CC)c1. The highest BCUT2D eigenvalue weighted by molar-refractivity contribution is 5.72. The van der Waals surface area contributed by atoms with Crippen molar-refractivity contribution in [3.8, 4) is 11.1 Å². The Kier molecular flexibility index (Phi) is 5.18. The second kappa shape index (κ2) is 6.90. The van der Waals surface area contributed by atoms with Gasteiger partial charge in [0, 0.05) is 24.8 Å². The first-order valence-electron chi connectivity index (χ1n) is 7.97. The van der Waals surface area contributed by atoms with Gasteiger partial charge in [-0.3, -0.25) is 4.68 Å². The number of hydrogen-bond donors (Lipinski definition) is 1. The normalized spacial score (nSPS) is 11.1. The third kappa shape index (κ3) is 3.18. The lowest BCUT2D eigenvalue weighted by molar-refractivity contribution is 0.705. The van der Waals surface area contributed by atoms with E-state index >= 15 is 0 Å². The molecule has 1 heterocycles. The maximum Gasteiger partial charge on any atom is 0.0703 e. The van der Waals surface area contributed by atoms with Gasteiger partial charge in [0.2, 0.25) is 0 Å². The Bertz CT molecular complexity index is 611. The summed E-state index contributed by atoms with van der Waals surface area (Å²) in [4.78, 5) is 0. The van der Waals surface area contributed by atoms with Crippen molar-refractivity contribution >= 4 is 0 Å². The first-order valence-corrected chi connectivity index (χ1v) is 7.97. The van der Waals surface area contributed by atoms with E-state index in [-0.39, 0.29) is 0 Å². The van der Waals surface area contributed by atoms with Crippen molar-refractivity contribution in [2.24, 2.45) is 7.05 Å². The van der Waals surface area contributed by atoms with Crippen LogP contribution in [0.3, 0.4) is 0 Å². The fraction of sp³-hybridized carbons (Fsp3) is 0.500. The van der Waals surface area contributed by atoms with Crippen LogP contribution in [0.2, 0.25) is 0 Å². The zero-order valence-corrected chi connectivity index (χ0v) is 14.0. The molecule has 1 aromatic carbocycles. The highest BCUT2D eigenvalue weighted by Crippen LogP contribution is 2.31. The summed E-state index contributed by atoms with van der Waals surface area (Å²) < 4.78 is 2.05. The summed E-state index contributed by atoms with van der Waals surface area (Å²) in [6.07, 6.45) is 1.98. The number of nitrogens with zero attached hydrogens (tertiary/aromatic N) is 2. The quantitative estimate of drug-likeness (QED) is 0.878. The molecule has 0 fully saturated rings. The number of nitrogens with one attached hydrogen (secondary N) is 1. The molecule has 1 N–H and O–H groups in total. The second-order valence-electron chi connectivity index (χ2n) is 5.53. The van der Waals surface area contributed by atoms with Gasteiger partial charge in [-0.25, -0.2) is 0 Å². The van der Waals surface area contributed by atoms with Crippen molar-refractivity contribution in [1.29, 1.82) is 0 Å². The van der Waals surface area contributed by atoms with Gasteiger partial charge in [-0.05, 0) is 49.1 Å². The molecule has 0 saturated heterocycles. The third-order valence-corrected chi connectivity index (χ3v) is 4.06. The monoisotopic (exact) mass is 285 g/mol. The van der Waals surface area contributed by atoms with Crippen LogP contribution in [0.5, 0.6) is 0 Å². The van der Waals surface area contributed by atoms with E-state index in [0.29, 0.717) is 0 Å². The van der Waals surface area contributed by atoms with Crippen molar-refractivity contribution in [3.63, 3.8) is 0 Å². The lowest BCUT2D eigenvalue weighted by Crippen LogP contribution is -2.11. The predicted molar refractivity (Wildman–Crippen MR) is 89.5 cm³/mol. The van der Waals surface area contributed by atoms with Crippen molar-refractivity contribution in [3.05, 3.63) is 40.7 Å². The largest absolute Gasteiger partial charge is 0.313 e. The van der Waals surface area contributed by atoms with Crippen LogP contribution in [0.4, 0.5) is 0 Å². The van der Waals surface area contributed by atoms with Crippen LogP contribution >= 0.6 is 0 Å². The van der Waals surface area contributed by atoms with Gasteiger partial charge in [-0.15, -0.1) is 0 Å². The fourth-order valence-electron chi connectivity index (χ4n) is 2.90. The number of aromatic nitrogens is 2. The predicted octanol–water partition coefficient (Wildman–Crippen LogP) is 3.63. The zero-order valence-electron chi connectivity index (χ0n) is 14.0. The molecule has 0 saturated carbocycles. The summed E-state index contributed by atoms with van der Waals surface area (Å²) in [6.45, 7) is 10.6. The van der Waals surface area contributed by atoms with Crippen molar-refractivity contribution < 1.29 is 0 Å². The molecule has 0 aliphatic carbocycles. The lowest BCUT2D eigenvalue weighted by Gasteiger charge is -2.12. The van der Waals surface area contributed by atoms with Crippen molar-refractivity contribution in [2.75, 3.05) is 6.54 Å². The van der Waals surface area contributed by atoms with E-state index < -0.39 is 0 Å². The van der Waals surface area contributed by atoms with Gasteiger partial charge in [0.1, 0.15) is 0 Å². The summed E-state index contributed by atoms with van der Waals surface area (Å²) in [7, 11) is 2.05. The smallest absolute Gasteiger partial charge is 0.0703 e. The lowest BCUT2D eigenvalue weighted by atomic mass is 9.94. The Hall–Kier alpha value is -1.61. The molecule has 0 aliphatic rings. The topological polar surface area (TPSA) is 29.9 Å². The van der Waals surface area contributed by atoms with Crippen LogP contribution in [0.25, 0.3) is 11.1 Å². The third-order valence-electron chi connectivity index (χ3n) is 4.06. The van der Waals surface area contributed by atoms with Crippen LogP contribution in [0, 0.1) is 6.92 Å². The van der Waals surface area contributed by atoms with E-state index in [4.69, 9.17) is 5.10 Å². The molecular formula is C18H27N3. The second-order valence-corrected chi connectivity index (χ2v) is 5.53. The zero-order chi connectivity index (χ0) is 15.4. The van der Waals surface area contributed by atoms with Crippen molar-refractivity contribution in [2.45, 2.75) is 47.1 Å². The standard InChI is InChI=1S/C18H27N3/c1-6-16-18(17(7-2)21(5)20-16)15-11-14(12-19-8-3)10-9-13(15)4/h9-11,19H,6-8,12H2,1-5H3. The van der Waals surface area contributed by atoms with Gasteiger partial charge in [0.15, 0.2) is 0 Å². The molecular weight excluding hydrogens is 258 g/mol. The average Bonchev–Trinajstić information content (AvgIpc) is 2.82. The van der Waals surface area contributed by atoms with E-state index in [1.807, 2.05) is 4.68 Å². The minimum atomic E-state index is 0.924. The first-order chi connectivity index (χ1) is 10.1. The molecule has 0 atom stereocenters. The molecule has 0 unspecified atom stereocenters. The molecule has 2 rings (SSSR count). The summed E-state index contributed by atoms with van der Waals surface area (Å²) in [6, 6.07) is 6.77. The molecule has 21 heavy (non-hydrogen) atoms. The van der Waals surface area contributed by atoms with Gasteiger partial charge in [-0.2, -0.15) is 5.10 Å². The maximum atomic E-state index is 4.71. The molecule has 3 heteroatoms. The number of benzene rings is 1. The Morgan fingerprint density at radius 2 is 1.90 bits per heavy atom. The average molecular weight is 285 g/mol. The van der Waals surface area contributed by atoms with Crippen LogP contribution in [0.1, 0.15) is 43.3 Å². The molecule has 0 aliphatic heterocycles. The van der Waals surface area contributed by atoms with Crippen LogP contribution in [-0.4, -0.2) is 16.3 Å². The molecule has 2 aromatic rings. The fourth-order valence-corrected chi connectivity index (χ4v) is 2.90. The number of aryl methyl sites for hydroxylation is 3. The molecule has 0 bridgehead atoms.